The van der Waals surface area contributed by atoms with Gasteiger partial charge in [-0.1, -0.05) is 105 Å². The van der Waals surface area contributed by atoms with E-state index in [1.807, 2.05) is 25.6 Å². The van der Waals surface area contributed by atoms with Crippen molar-refractivity contribution in [1.82, 2.24) is 9.80 Å². The van der Waals surface area contributed by atoms with Crippen LogP contribution in [-0.2, 0) is 5.41 Å². The number of benzene rings is 2. The quantitative estimate of drug-likeness (QED) is 0.474. The van der Waals surface area contributed by atoms with Crippen LogP contribution >= 0.6 is 24.0 Å². The van der Waals surface area contributed by atoms with Gasteiger partial charge in [-0.25, -0.2) is 0 Å². The third kappa shape index (κ3) is 6.57. The lowest BCUT2D eigenvalue weighted by Gasteiger charge is -2.38. The average molecular weight is 443 g/mol. The van der Waals surface area contributed by atoms with Crippen LogP contribution in [-0.4, -0.2) is 52.1 Å². The second-order valence-electron chi connectivity index (χ2n) is 8.05. The first-order valence-corrected chi connectivity index (χ1v) is 12.7. The van der Waals surface area contributed by atoms with E-state index in [-0.39, 0.29) is 5.41 Å². The van der Waals surface area contributed by atoms with E-state index in [4.69, 9.17) is 12.2 Å². The predicted octanol–water partition coefficient (Wildman–Crippen LogP) is 6.45. The molecule has 30 heavy (non-hydrogen) atoms. The number of nitrogens with zero attached hydrogens (tertiary/aromatic N) is 2. The summed E-state index contributed by atoms with van der Waals surface area (Å²) in [5, 5.41) is 0. The highest BCUT2D eigenvalue weighted by atomic mass is 32.2. The van der Waals surface area contributed by atoms with Crippen molar-refractivity contribution >= 4 is 28.3 Å². The van der Waals surface area contributed by atoms with Crippen LogP contribution in [0.2, 0.25) is 0 Å². The fourth-order valence-corrected chi connectivity index (χ4v) is 5.40. The van der Waals surface area contributed by atoms with Crippen molar-refractivity contribution in [2.45, 2.75) is 52.5 Å². The van der Waals surface area contributed by atoms with Crippen LogP contribution in [0.3, 0.4) is 0 Å². The second-order valence-corrected chi connectivity index (χ2v) is 9.77. The van der Waals surface area contributed by atoms with Crippen molar-refractivity contribution in [3.8, 4) is 0 Å². The molecule has 2 aromatic rings. The van der Waals surface area contributed by atoms with Gasteiger partial charge >= 0.3 is 0 Å². The van der Waals surface area contributed by atoms with E-state index in [0.717, 1.165) is 42.7 Å². The maximum absolute atomic E-state index is 5.77. The summed E-state index contributed by atoms with van der Waals surface area (Å²) in [6.45, 7) is 15.3. The first-order valence-electron chi connectivity index (χ1n) is 11.3. The number of hydrogen-bond acceptors (Lipinski definition) is 3. The Hall–Kier alpha value is -1.36. The second kappa shape index (κ2) is 12.5. The fraction of sp³-hybridized carbons (Fsp3) is 0.500. The Morgan fingerprint density at radius 1 is 0.900 bits per heavy atom. The molecule has 0 radical (unpaired) electrons. The molecule has 1 saturated heterocycles. The summed E-state index contributed by atoms with van der Waals surface area (Å²) in [7, 11) is 0. The van der Waals surface area contributed by atoms with Crippen molar-refractivity contribution in [1.29, 1.82) is 0 Å². The lowest BCUT2D eigenvalue weighted by atomic mass is 9.74. The Labute approximate surface area is 194 Å². The van der Waals surface area contributed by atoms with Crippen LogP contribution in [0.4, 0.5) is 0 Å². The summed E-state index contributed by atoms with van der Waals surface area (Å²) < 4.78 is 1.06. The molecule has 0 aliphatic carbocycles. The van der Waals surface area contributed by atoms with Gasteiger partial charge in [0.15, 0.2) is 0 Å². The molecule has 0 spiro atoms. The van der Waals surface area contributed by atoms with Crippen molar-refractivity contribution in [2.24, 2.45) is 0 Å². The zero-order chi connectivity index (χ0) is 22.0. The summed E-state index contributed by atoms with van der Waals surface area (Å²) in [6.07, 6.45) is 1.07. The Morgan fingerprint density at radius 2 is 1.37 bits per heavy atom. The van der Waals surface area contributed by atoms with Gasteiger partial charge in [0, 0.05) is 43.4 Å². The predicted molar refractivity (Wildman–Crippen MR) is 139 cm³/mol. The van der Waals surface area contributed by atoms with Gasteiger partial charge in [0.05, 0.1) is 0 Å². The summed E-state index contributed by atoms with van der Waals surface area (Å²) in [5.74, 6) is 1.03. The largest absolute Gasteiger partial charge is 0.355 e. The first kappa shape index (κ1) is 24.9. The van der Waals surface area contributed by atoms with Crippen LogP contribution in [0.25, 0.3) is 0 Å². The van der Waals surface area contributed by atoms with Crippen LogP contribution in [0.5, 0.6) is 0 Å². The van der Waals surface area contributed by atoms with Crippen LogP contribution in [0.15, 0.2) is 60.7 Å². The van der Waals surface area contributed by atoms with E-state index < -0.39 is 0 Å². The molecular weight excluding hydrogens is 404 g/mol. The maximum atomic E-state index is 5.77. The standard InChI is InChI=1S/C24H32N2S2.C2H6/c1-20(2)25-15-17-26(18-16-25)23(27)28-19-14-24(3,21-10-6-4-7-11-21)22-12-8-5-9-13-22;1-2/h4-13,20H,14-19H2,1-3H3;1-2H3. The van der Waals surface area contributed by atoms with Crippen LogP contribution in [0.1, 0.15) is 52.2 Å². The van der Waals surface area contributed by atoms with E-state index in [1.165, 1.54) is 11.1 Å². The Kier molecular flexibility index (Phi) is 10.4. The number of thioether (sulfide) groups is 1. The van der Waals surface area contributed by atoms with E-state index >= 15 is 0 Å². The van der Waals surface area contributed by atoms with E-state index in [1.54, 1.807) is 0 Å². The molecule has 0 unspecified atom stereocenters. The van der Waals surface area contributed by atoms with E-state index in [9.17, 15) is 0 Å². The third-order valence-corrected chi connectivity index (χ3v) is 7.48. The summed E-state index contributed by atoms with van der Waals surface area (Å²) in [6, 6.07) is 22.4. The molecule has 1 aliphatic heterocycles. The number of rotatable bonds is 6. The minimum Gasteiger partial charge on any atom is -0.355 e. The van der Waals surface area contributed by atoms with Gasteiger partial charge in [0.2, 0.25) is 0 Å². The molecule has 2 nitrogen and oxygen atoms in total. The normalized spacial score (nSPS) is 14.9. The summed E-state index contributed by atoms with van der Waals surface area (Å²) in [5.41, 5.74) is 2.75. The van der Waals surface area contributed by atoms with Gasteiger partial charge in [-0.05, 0) is 31.4 Å². The number of hydrogen-bond donors (Lipinski definition) is 0. The maximum Gasteiger partial charge on any atom is 0.136 e. The van der Waals surface area contributed by atoms with E-state index in [2.05, 4.69) is 91.2 Å². The zero-order valence-corrected chi connectivity index (χ0v) is 20.9. The van der Waals surface area contributed by atoms with Crippen LogP contribution < -0.4 is 0 Å². The smallest absolute Gasteiger partial charge is 0.136 e. The molecule has 1 heterocycles. The van der Waals surface area contributed by atoms with E-state index in [0.29, 0.717) is 6.04 Å². The molecule has 0 atom stereocenters. The molecule has 3 rings (SSSR count). The highest BCUT2D eigenvalue weighted by Crippen LogP contribution is 2.36. The molecule has 1 aliphatic rings. The van der Waals surface area contributed by atoms with Crippen LogP contribution in [0, 0.1) is 0 Å². The van der Waals surface area contributed by atoms with Crippen molar-refractivity contribution < 1.29 is 0 Å². The number of thiocarbonyl (C=S) groups is 1. The monoisotopic (exact) mass is 442 g/mol. The number of piperazine rings is 1. The molecule has 0 bridgehead atoms. The van der Waals surface area contributed by atoms with Gasteiger partial charge in [0.25, 0.3) is 0 Å². The molecule has 2 aromatic carbocycles. The molecular formula is C26H38N2S2. The molecule has 164 valence electrons. The molecule has 0 saturated carbocycles. The minimum absolute atomic E-state index is 0.00146. The lowest BCUT2D eigenvalue weighted by molar-refractivity contribution is 0.151. The van der Waals surface area contributed by atoms with Gasteiger partial charge < -0.3 is 4.90 Å². The van der Waals surface area contributed by atoms with Gasteiger partial charge in [-0.15, -0.1) is 0 Å². The minimum atomic E-state index is 0.00146. The van der Waals surface area contributed by atoms with Crippen molar-refractivity contribution in [2.75, 3.05) is 31.9 Å². The lowest BCUT2D eigenvalue weighted by Crippen LogP contribution is -2.49. The van der Waals surface area contributed by atoms with Gasteiger partial charge in [-0.3, -0.25) is 4.90 Å². The molecule has 4 heteroatoms. The topological polar surface area (TPSA) is 6.48 Å². The Balaban J connectivity index is 0.00000155. The average Bonchev–Trinajstić information content (AvgIpc) is 2.81. The molecule has 0 N–H and O–H groups in total. The van der Waals surface area contributed by atoms with Crippen molar-refractivity contribution in [3.63, 3.8) is 0 Å². The van der Waals surface area contributed by atoms with Crippen molar-refractivity contribution in [3.05, 3.63) is 71.8 Å². The fourth-order valence-electron chi connectivity index (χ4n) is 3.92. The molecule has 0 amide bonds. The first-order chi connectivity index (χ1) is 14.5. The Bertz CT molecular complexity index is 699. The SMILES string of the molecule is CC.CC(C)N1CCN(C(=S)SCCC(C)(c2ccccc2)c2ccccc2)CC1. The third-order valence-electron chi connectivity index (χ3n) is 5.95. The summed E-state index contributed by atoms with van der Waals surface area (Å²) in [4.78, 5) is 4.92. The van der Waals surface area contributed by atoms with Gasteiger partial charge in [-0.2, -0.15) is 0 Å². The highest BCUT2D eigenvalue weighted by Gasteiger charge is 2.29. The Morgan fingerprint density at radius 3 is 1.80 bits per heavy atom. The highest BCUT2D eigenvalue weighted by molar-refractivity contribution is 8.22. The molecule has 0 aromatic heterocycles. The molecule has 1 fully saturated rings. The zero-order valence-electron chi connectivity index (χ0n) is 19.3. The summed E-state index contributed by atoms with van der Waals surface area (Å²) >= 11 is 7.62. The van der Waals surface area contributed by atoms with Gasteiger partial charge in [0.1, 0.15) is 4.32 Å².